The van der Waals surface area contributed by atoms with E-state index in [1.807, 2.05) is 6.92 Å². The van der Waals surface area contributed by atoms with Crippen molar-refractivity contribution in [2.75, 3.05) is 19.6 Å². The number of carboxylic acids is 1. The van der Waals surface area contributed by atoms with E-state index in [4.69, 9.17) is 9.84 Å². The fraction of sp³-hybridized carbons (Fsp3) is 0.562. The van der Waals surface area contributed by atoms with Gasteiger partial charge in [0.2, 0.25) is 0 Å². The molecule has 0 unspecified atom stereocenters. The van der Waals surface area contributed by atoms with Gasteiger partial charge in [-0.25, -0.2) is 4.39 Å². The van der Waals surface area contributed by atoms with Crippen molar-refractivity contribution < 1.29 is 19.0 Å². The van der Waals surface area contributed by atoms with Crippen LogP contribution in [0.1, 0.15) is 37.9 Å². The second-order valence-electron chi connectivity index (χ2n) is 5.60. The van der Waals surface area contributed by atoms with Gasteiger partial charge < -0.3 is 9.84 Å². The van der Waals surface area contributed by atoms with E-state index in [1.165, 1.54) is 12.1 Å². The zero-order valence-corrected chi connectivity index (χ0v) is 12.3. The standard InChI is InChI=1S/C16H22FNO3/c1-12-10-18(9-3-2-4-16(19)20)11-15(21-12)13-5-7-14(17)8-6-13/h5-8,12,15H,2-4,9-11H2,1H3,(H,19,20)/t12-,15-/m0/s1. The van der Waals surface area contributed by atoms with Crippen molar-refractivity contribution in [2.24, 2.45) is 0 Å². The zero-order chi connectivity index (χ0) is 15.2. The summed E-state index contributed by atoms with van der Waals surface area (Å²) in [6, 6.07) is 6.44. The quantitative estimate of drug-likeness (QED) is 0.820. The number of nitrogens with zero attached hydrogens (tertiary/aromatic N) is 1. The number of hydrogen-bond donors (Lipinski definition) is 1. The van der Waals surface area contributed by atoms with E-state index in [-0.39, 0.29) is 24.4 Å². The average molecular weight is 295 g/mol. The Morgan fingerprint density at radius 2 is 2.05 bits per heavy atom. The number of benzene rings is 1. The summed E-state index contributed by atoms with van der Waals surface area (Å²) in [5.41, 5.74) is 0.985. The molecule has 2 atom stereocenters. The number of aliphatic carboxylic acids is 1. The molecule has 0 saturated carbocycles. The molecule has 0 amide bonds. The molecule has 116 valence electrons. The van der Waals surface area contributed by atoms with E-state index in [0.717, 1.165) is 31.6 Å². The number of ether oxygens (including phenoxy) is 1. The minimum absolute atomic E-state index is 0.0474. The second-order valence-corrected chi connectivity index (χ2v) is 5.60. The van der Waals surface area contributed by atoms with Crippen LogP contribution < -0.4 is 0 Å². The molecule has 0 bridgehead atoms. The molecule has 1 N–H and O–H groups in total. The summed E-state index contributed by atoms with van der Waals surface area (Å²) < 4.78 is 18.9. The number of unbranched alkanes of at least 4 members (excludes halogenated alkanes) is 1. The third-order valence-electron chi connectivity index (χ3n) is 3.69. The fourth-order valence-electron chi connectivity index (χ4n) is 2.69. The minimum atomic E-state index is -0.741. The third kappa shape index (κ3) is 5.10. The number of hydrogen-bond acceptors (Lipinski definition) is 3. The molecule has 5 heteroatoms. The van der Waals surface area contributed by atoms with E-state index in [9.17, 15) is 9.18 Å². The van der Waals surface area contributed by atoms with Crippen LogP contribution in [0.4, 0.5) is 4.39 Å². The molecule has 1 aliphatic rings. The van der Waals surface area contributed by atoms with Gasteiger partial charge in [0.15, 0.2) is 0 Å². The topological polar surface area (TPSA) is 49.8 Å². The highest BCUT2D eigenvalue weighted by atomic mass is 19.1. The van der Waals surface area contributed by atoms with Crippen molar-refractivity contribution in [2.45, 2.75) is 38.4 Å². The molecular formula is C16H22FNO3. The summed E-state index contributed by atoms with van der Waals surface area (Å²) in [7, 11) is 0. The molecule has 1 aromatic rings. The third-order valence-corrected chi connectivity index (χ3v) is 3.69. The van der Waals surface area contributed by atoms with Gasteiger partial charge in [0.25, 0.3) is 0 Å². The monoisotopic (exact) mass is 295 g/mol. The van der Waals surface area contributed by atoms with Crippen molar-refractivity contribution in [1.29, 1.82) is 0 Å². The Kier molecular flexibility index (Phi) is 5.70. The van der Waals surface area contributed by atoms with Crippen LogP contribution in [0.5, 0.6) is 0 Å². The lowest BCUT2D eigenvalue weighted by Gasteiger charge is -2.37. The van der Waals surface area contributed by atoms with Crippen LogP contribution in [-0.2, 0) is 9.53 Å². The SMILES string of the molecule is C[C@H]1CN(CCCCC(=O)O)C[C@@H](c2ccc(F)cc2)O1. The van der Waals surface area contributed by atoms with Crippen molar-refractivity contribution in [1.82, 2.24) is 4.90 Å². The molecule has 0 aliphatic carbocycles. The first-order valence-electron chi connectivity index (χ1n) is 7.39. The van der Waals surface area contributed by atoms with Gasteiger partial charge >= 0.3 is 5.97 Å². The fourth-order valence-corrected chi connectivity index (χ4v) is 2.69. The highest BCUT2D eigenvalue weighted by molar-refractivity contribution is 5.66. The van der Waals surface area contributed by atoms with E-state index < -0.39 is 5.97 Å². The van der Waals surface area contributed by atoms with E-state index in [2.05, 4.69) is 4.90 Å². The largest absolute Gasteiger partial charge is 0.481 e. The lowest BCUT2D eigenvalue weighted by atomic mass is 10.1. The molecular weight excluding hydrogens is 273 g/mol. The van der Waals surface area contributed by atoms with Crippen molar-refractivity contribution in [3.05, 3.63) is 35.6 Å². The second kappa shape index (κ2) is 7.52. The Hall–Kier alpha value is -1.46. The lowest BCUT2D eigenvalue weighted by molar-refractivity contribution is -0.137. The Labute approximate surface area is 124 Å². The average Bonchev–Trinajstić information content (AvgIpc) is 2.43. The molecule has 1 fully saturated rings. The van der Waals surface area contributed by atoms with Crippen LogP contribution in [-0.4, -0.2) is 41.7 Å². The number of halogens is 1. The van der Waals surface area contributed by atoms with Gasteiger partial charge in [0, 0.05) is 19.5 Å². The Bertz CT molecular complexity index is 463. The smallest absolute Gasteiger partial charge is 0.303 e. The first-order chi connectivity index (χ1) is 10.0. The van der Waals surface area contributed by atoms with Gasteiger partial charge in [-0.3, -0.25) is 9.69 Å². The Balaban J connectivity index is 1.86. The molecule has 1 heterocycles. The number of carbonyl (C=O) groups is 1. The zero-order valence-electron chi connectivity index (χ0n) is 12.3. The van der Waals surface area contributed by atoms with Gasteiger partial charge in [-0.15, -0.1) is 0 Å². The maximum absolute atomic E-state index is 13.0. The van der Waals surface area contributed by atoms with Gasteiger partial charge in [0.05, 0.1) is 12.2 Å². The van der Waals surface area contributed by atoms with Gasteiger partial charge in [-0.2, -0.15) is 0 Å². The summed E-state index contributed by atoms with van der Waals surface area (Å²) in [5, 5.41) is 8.64. The summed E-state index contributed by atoms with van der Waals surface area (Å²) in [6.45, 7) is 4.52. The van der Waals surface area contributed by atoms with E-state index >= 15 is 0 Å². The van der Waals surface area contributed by atoms with Crippen LogP contribution in [0.3, 0.4) is 0 Å². The predicted octanol–water partition coefficient (Wildman–Crippen LogP) is 2.84. The summed E-state index contributed by atoms with van der Waals surface area (Å²) in [5.74, 6) is -0.984. The number of morpholine rings is 1. The van der Waals surface area contributed by atoms with Crippen LogP contribution in [0, 0.1) is 5.82 Å². The molecule has 4 nitrogen and oxygen atoms in total. The predicted molar refractivity (Wildman–Crippen MR) is 77.6 cm³/mol. The highest BCUT2D eigenvalue weighted by Crippen LogP contribution is 2.25. The van der Waals surface area contributed by atoms with Gasteiger partial charge in [-0.05, 0) is 44.0 Å². The number of carboxylic acid groups (broad SMARTS) is 1. The van der Waals surface area contributed by atoms with Gasteiger partial charge in [0.1, 0.15) is 5.82 Å². The first kappa shape index (κ1) is 15.9. The molecule has 0 aromatic heterocycles. The van der Waals surface area contributed by atoms with E-state index in [0.29, 0.717) is 6.42 Å². The Morgan fingerprint density at radius 1 is 1.33 bits per heavy atom. The molecule has 1 saturated heterocycles. The molecule has 1 aromatic carbocycles. The minimum Gasteiger partial charge on any atom is -0.481 e. The lowest BCUT2D eigenvalue weighted by Crippen LogP contribution is -2.43. The van der Waals surface area contributed by atoms with Crippen molar-refractivity contribution in [3.8, 4) is 0 Å². The maximum atomic E-state index is 13.0. The molecule has 2 rings (SSSR count). The van der Waals surface area contributed by atoms with E-state index in [1.54, 1.807) is 12.1 Å². The summed E-state index contributed by atoms with van der Waals surface area (Å²) >= 11 is 0. The first-order valence-corrected chi connectivity index (χ1v) is 7.39. The number of rotatable bonds is 6. The molecule has 0 radical (unpaired) electrons. The van der Waals surface area contributed by atoms with Crippen molar-refractivity contribution >= 4 is 5.97 Å². The highest BCUT2D eigenvalue weighted by Gasteiger charge is 2.26. The summed E-state index contributed by atoms with van der Waals surface area (Å²) in [6.07, 6.45) is 1.86. The van der Waals surface area contributed by atoms with Gasteiger partial charge in [-0.1, -0.05) is 12.1 Å². The Morgan fingerprint density at radius 3 is 2.71 bits per heavy atom. The van der Waals surface area contributed by atoms with Crippen LogP contribution in [0.2, 0.25) is 0 Å². The molecule has 21 heavy (non-hydrogen) atoms. The maximum Gasteiger partial charge on any atom is 0.303 e. The van der Waals surface area contributed by atoms with Crippen LogP contribution in [0.15, 0.2) is 24.3 Å². The normalized spacial score (nSPS) is 23.1. The molecule has 1 aliphatic heterocycles. The summed E-state index contributed by atoms with van der Waals surface area (Å²) in [4.78, 5) is 12.8. The van der Waals surface area contributed by atoms with Crippen LogP contribution >= 0.6 is 0 Å². The van der Waals surface area contributed by atoms with Crippen LogP contribution in [0.25, 0.3) is 0 Å². The van der Waals surface area contributed by atoms with Crippen molar-refractivity contribution in [3.63, 3.8) is 0 Å². The molecule has 0 spiro atoms.